The molecule has 2 N–H and O–H groups in total. The van der Waals surface area contributed by atoms with Crippen LogP contribution in [0.25, 0.3) is 21.6 Å². The summed E-state index contributed by atoms with van der Waals surface area (Å²) in [7, 11) is 3.99. The number of hydrogen-bond acceptors (Lipinski definition) is 7. The molecule has 1 aliphatic heterocycles. The maximum Gasteiger partial charge on any atom is 0.252 e. The molecule has 10 heteroatoms. The van der Waals surface area contributed by atoms with E-state index in [0.29, 0.717) is 48.0 Å². The van der Waals surface area contributed by atoms with Crippen molar-refractivity contribution >= 4 is 17.5 Å². The van der Waals surface area contributed by atoms with Crippen LogP contribution in [0.2, 0.25) is 0 Å². The summed E-state index contributed by atoms with van der Waals surface area (Å²) in [6, 6.07) is 32.7. The molecule has 2 atom stereocenters. The van der Waals surface area contributed by atoms with E-state index in [1.165, 1.54) is 0 Å². The smallest absolute Gasteiger partial charge is 0.252 e. The fraction of sp³-hybridized carbons (Fsp3) is 0.297. The van der Waals surface area contributed by atoms with Crippen LogP contribution in [0.3, 0.4) is 0 Å². The van der Waals surface area contributed by atoms with Crippen molar-refractivity contribution in [3.05, 3.63) is 130 Å². The molecule has 4 aromatic carbocycles. The minimum atomic E-state index is -1.42. The molecule has 0 fully saturated rings. The molecule has 47 heavy (non-hydrogen) atoms. The zero-order valence-corrected chi connectivity index (χ0v) is 26.8. The number of azide groups is 1. The first-order valence-corrected chi connectivity index (χ1v) is 15.8. The minimum Gasteiger partial charge on any atom is -0.494 e. The second-order valence-corrected chi connectivity index (χ2v) is 11.7. The number of hydrogen-bond donors (Lipinski definition) is 2. The van der Waals surface area contributed by atoms with Crippen molar-refractivity contribution in [3.8, 4) is 16.9 Å². The highest BCUT2D eigenvalue weighted by molar-refractivity contribution is 6.01. The van der Waals surface area contributed by atoms with Crippen LogP contribution in [0.5, 0.6) is 5.75 Å². The number of nitrogens with one attached hydrogen (secondary N) is 1. The van der Waals surface area contributed by atoms with Gasteiger partial charge in [-0.05, 0) is 79.1 Å². The lowest BCUT2D eigenvalue weighted by Gasteiger charge is -2.31. The molecule has 1 heterocycles. The lowest BCUT2D eigenvalue weighted by atomic mass is 9.81. The molecule has 0 radical (unpaired) electrons. The summed E-state index contributed by atoms with van der Waals surface area (Å²) in [6.07, 6.45) is 0.649. The maximum absolute atomic E-state index is 14.5. The van der Waals surface area contributed by atoms with Crippen molar-refractivity contribution in [2.24, 2.45) is 10.1 Å². The Bertz CT molecular complexity index is 1700. The number of ether oxygens (including phenoxy) is 2. The predicted octanol–water partition coefficient (Wildman–Crippen LogP) is 6.62. The number of rotatable bonds is 15. The summed E-state index contributed by atoms with van der Waals surface area (Å²) in [4.78, 5) is 24.7. The molecule has 1 aliphatic rings. The van der Waals surface area contributed by atoms with E-state index in [-0.39, 0.29) is 18.9 Å². The zero-order chi connectivity index (χ0) is 33.1. The van der Waals surface area contributed by atoms with Crippen LogP contribution in [0.1, 0.15) is 35.6 Å². The van der Waals surface area contributed by atoms with Crippen LogP contribution in [-0.4, -0.2) is 67.7 Å². The number of carbonyl (C=O) groups excluding carboxylic acids is 1. The summed E-state index contributed by atoms with van der Waals surface area (Å²) in [5.74, 6) is 0.707. The van der Waals surface area contributed by atoms with Gasteiger partial charge in [-0.3, -0.25) is 4.79 Å². The first-order chi connectivity index (χ1) is 22.9. The van der Waals surface area contributed by atoms with E-state index in [1.54, 1.807) is 12.1 Å². The van der Waals surface area contributed by atoms with Gasteiger partial charge >= 0.3 is 0 Å². The Labute approximate surface area is 275 Å². The van der Waals surface area contributed by atoms with Crippen LogP contribution < -0.4 is 10.1 Å². The summed E-state index contributed by atoms with van der Waals surface area (Å²) in [5.41, 5.74) is 12.6. The van der Waals surface area contributed by atoms with Gasteiger partial charge in [0.15, 0.2) is 11.6 Å². The Kier molecular flexibility index (Phi) is 11.2. The number of nitrogens with zero attached hydrogens (tertiary/aromatic N) is 5. The molecule has 1 amide bonds. The third kappa shape index (κ3) is 8.17. The molecule has 4 aromatic rings. The highest BCUT2D eigenvalue weighted by atomic mass is 16.5. The molecule has 10 nitrogen and oxygen atoms in total. The molecule has 0 saturated heterocycles. The number of benzene rings is 4. The van der Waals surface area contributed by atoms with Crippen molar-refractivity contribution < 1.29 is 19.4 Å². The minimum absolute atomic E-state index is 0.0541. The van der Waals surface area contributed by atoms with E-state index >= 15 is 0 Å². The number of aliphatic hydroxyl groups excluding tert-OH is 1. The van der Waals surface area contributed by atoms with Gasteiger partial charge in [-0.1, -0.05) is 84.0 Å². The lowest BCUT2D eigenvalue weighted by molar-refractivity contribution is -0.128. The van der Waals surface area contributed by atoms with E-state index in [1.807, 2.05) is 93.0 Å². The van der Waals surface area contributed by atoms with Gasteiger partial charge in [0.2, 0.25) is 5.90 Å². The molecule has 0 aliphatic carbocycles. The SMILES string of the molecule is CN(C)CCCNC(=O)[C@]1(Cc2ccccc2N=[N+]=[N-])N=C(c2ccc(OCCCO)cc2)O[C@@H]1c1ccc(-c2ccccc2)cc1. The van der Waals surface area contributed by atoms with E-state index in [9.17, 15) is 10.3 Å². The van der Waals surface area contributed by atoms with E-state index in [4.69, 9.17) is 19.6 Å². The van der Waals surface area contributed by atoms with Gasteiger partial charge in [0.25, 0.3) is 5.91 Å². The van der Waals surface area contributed by atoms with Crippen LogP contribution in [-0.2, 0) is 16.0 Å². The van der Waals surface area contributed by atoms with Crippen LogP contribution >= 0.6 is 0 Å². The van der Waals surface area contributed by atoms with Crippen LogP contribution in [0.4, 0.5) is 5.69 Å². The average Bonchev–Trinajstić information content (AvgIpc) is 3.49. The number of aliphatic imine (C=N–C) groups is 1. The molecule has 0 bridgehead atoms. The summed E-state index contributed by atoms with van der Waals surface area (Å²) >= 11 is 0. The molecule has 0 unspecified atom stereocenters. The Balaban J connectivity index is 1.58. The number of aliphatic hydroxyl groups is 1. The fourth-order valence-corrected chi connectivity index (χ4v) is 5.61. The van der Waals surface area contributed by atoms with Crippen LogP contribution in [0, 0.1) is 0 Å². The molecular formula is C37H40N6O4. The Morgan fingerprint density at radius 3 is 2.34 bits per heavy atom. The normalized spacial score (nSPS) is 17.0. The quantitative estimate of drug-likeness (QED) is 0.0658. The lowest BCUT2D eigenvalue weighted by Crippen LogP contribution is -2.50. The number of amides is 1. The van der Waals surface area contributed by atoms with E-state index in [2.05, 4.69) is 32.4 Å². The van der Waals surface area contributed by atoms with Crippen molar-refractivity contribution in [2.45, 2.75) is 30.9 Å². The topological polar surface area (TPSA) is 132 Å². The third-order valence-corrected chi connectivity index (χ3v) is 8.02. The second-order valence-electron chi connectivity index (χ2n) is 11.7. The highest BCUT2D eigenvalue weighted by Crippen LogP contribution is 2.44. The predicted molar refractivity (Wildman–Crippen MR) is 184 cm³/mol. The van der Waals surface area contributed by atoms with E-state index in [0.717, 1.165) is 29.7 Å². The van der Waals surface area contributed by atoms with Gasteiger partial charge in [-0.15, -0.1) is 0 Å². The first-order valence-electron chi connectivity index (χ1n) is 15.8. The molecule has 5 rings (SSSR count). The monoisotopic (exact) mass is 632 g/mol. The first kappa shape index (κ1) is 33.2. The molecule has 0 spiro atoms. The summed E-state index contributed by atoms with van der Waals surface area (Å²) in [5, 5.41) is 16.2. The Morgan fingerprint density at radius 1 is 0.957 bits per heavy atom. The summed E-state index contributed by atoms with van der Waals surface area (Å²) < 4.78 is 12.4. The molecular weight excluding hydrogens is 592 g/mol. The Morgan fingerprint density at radius 2 is 1.64 bits per heavy atom. The third-order valence-electron chi connectivity index (χ3n) is 8.02. The molecule has 0 saturated carbocycles. The van der Waals surface area contributed by atoms with Gasteiger partial charge in [0.1, 0.15) is 5.75 Å². The highest BCUT2D eigenvalue weighted by Gasteiger charge is 2.53. The van der Waals surface area contributed by atoms with Crippen LogP contribution in [0.15, 0.2) is 113 Å². The fourth-order valence-electron chi connectivity index (χ4n) is 5.61. The van der Waals surface area contributed by atoms with Crippen molar-refractivity contribution in [1.29, 1.82) is 0 Å². The zero-order valence-electron chi connectivity index (χ0n) is 26.8. The largest absolute Gasteiger partial charge is 0.494 e. The second kappa shape index (κ2) is 15.9. The molecule has 242 valence electrons. The molecule has 0 aromatic heterocycles. The van der Waals surface area contributed by atoms with Crippen molar-refractivity contribution in [3.63, 3.8) is 0 Å². The van der Waals surface area contributed by atoms with E-state index < -0.39 is 11.6 Å². The van der Waals surface area contributed by atoms with Gasteiger partial charge in [0, 0.05) is 42.2 Å². The van der Waals surface area contributed by atoms with Crippen molar-refractivity contribution in [1.82, 2.24) is 10.2 Å². The Hall–Kier alpha value is -5.15. The number of carbonyl (C=O) groups is 1. The van der Waals surface area contributed by atoms with Gasteiger partial charge in [-0.25, -0.2) is 4.99 Å². The standard InChI is InChI=1S/C37H40N6O4/c1-43(2)23-8-22-39-36(45)37(26-31-12-6-7-13-33(31)41-42-38)34(29-16-14-28(15-17-29)27-10-4-3-5-11-27)47-35(40-37)30-18-20-32(21-19-30)46-25-9-24-44/h3-7,10-21,34,44H,8-9,22-26H2,1-2H3,(H,39,45)/t34-,37-/m1/s1. The maximum atomic E-state index is 14.5. The van der Waals surface area contributed by atoms with Gasteiger partial charge in [0.05, 0.1) is 6.61 Å². The average molecular weight is 633 g/mol. The summed E-state index contributed by atoms with van der Waals surface area (Å²) in [6.45, 7) is 1.73. The van der Waals surface area contributed by atoms with Gasteiger partial charge < -0.3 is 24.8 Å². The van der Waals surface area contributed by atoms with Gasteiger partial charge in [-0.2, -0.15) is 0 Å². The van der Waals surface area contributed by atoms with Crippen molar-refractivity contribution in [2.75, 3.05) is 40.4 Å².